The van der Waals surface area contributed by atoms with Crippen LogP contribution in [-0.2, 0) is 14.8 Å². The van der Waals surface area contributed by atoms with E-state index in [4.69, 9.17) is 0 Å². The molecule has 0 aliphatic rings. The monoisotopic (exact) mass is 428 g/mol. The number of carbonyl (C=O) groups is 1. The maximum absolute atomic E-state index is 14.2. The number of anilines is 2. The number of nitrogens with zero attached hydrogens (tertiary/aromatic N) is 1. The zero-order valence-corrected chi connectivity index (χ0v) is 16.1. The molecule has 0 fully saturated rings. The Morgan fingerprint density at radius 3 is 2.48 bits per heavy atom. The Morgan fingerprint density at radius 1 is 1.24 bits per heavy atom. The van der Waals surface area contributed by atoms with Crippen molar-refractivity contribution >= 4 is 43.2 Å². The molecule has 0 heterocycles. The van der Waals surface area contributed by atoms with Gasteiger partial charge in [0.15, 0.2) is 0 Å². The van der Waals surface area contributed by atoms with E-state index in [2.05, 4.69) is 21.2 Å². The summed E-state index contributed by atoms with van der Waals surface area (Å²) in [6.45, 7) is 1.67. The van der Waals surface area contributed by atoms with Gasteiger partial charge in [0.25, 0.3) is 0 Å². The van der Waals surface area contributed by atoms with Crippen LogP contribution < -0.4 is 9.62 Å². The van der Waals surface area contributed by atoms with Gasteiger partial charge in [0.05, 0.1) is 11.9 Å². The summed E-state index contributed by atoms with van der Waals surface area (Å²) in [6.07, 6.45) is 1.13. The molecule has 0 bridgehead atoms. The zero-order chi connectivity index (χ0) is 18.6. The van der Waals surface area contributed by atoms with Crippen LogP contribution in [-0.4, -0.2) is 26.6 Å². The number of rotatable bonds is 6. The second-order valence-electron chi connectivity index (χ2n) is 5.43. The van der Waals surface area contributed by atoms with Crippen LogP contribution in [0.15, 0.2) is 53.0 Å². The maximum atomic E-state index is 14.2. The van der Waals surface area contributed by atoms with Crippen LogP contribution in [0.5, 0.6) is 0 Å². The van der Waals surface area contributed by atoms with E-state index in [0.717, 1.165) is 21.1 Å². The molecule has 0 radical (unpaired) electrons. The van der Waals surface area contributed by atoms with Gasteiger partial charge in [-0.15, -0.1) is 0 Å². The molecule has 0 aliphatic carbocycles. The second-order valence-corrected chi connectivity index (χ2v) is 8.21. The number of para-hydroxylation sites is 1. The number of nitrogens with one attached hydrogen (secondary N) is 1. The van der Waals surface area contributed by atoms with Crippen molar-refractivity contribution in [1.29, 1.82) is 0 Å². The molecule has 8 heteroatoms. The summed E-state index contributed by atoms with van der Waals surface area (Å²) in [4.78, 5) is 12.7. The first-order valence-electron chi connectivity index (χ1n) is 7.54. The Balaban J connectivity index is 2.40. The first-order chi connectivity index (χ1) is 11.7. The molecule has 0 aliphatic heterocycles. The van der Waals surface area contributed by atoms with Gasteiger partial charge in [0.1, 0.15) is 11.9 Å². The van der Waals surface area contributed by atoms with Crippen molar-refractivity contribution in [1.82, 2.24) is 0 Å². The van der Waals surface area contributed by atoms with Gasteiger partial charge >= 0.3 is 0 Å². The summed E-state index contributed by atoms with van der Waals surface area (Å²) >= 11 is 3.31. The van der Waals surface area contributed by atoms with Gasteiger partial charge in [-0.3, -0.25) is 9.10 Å². The lowest BCUT2D eigenvalue weighted by Gasteiger charge is -2.30. The van der Waals surface area contributed by atoms with Crippen LogP contribution in [0.4, 0.5) is 15.8 Å². The fourth-order valence-electron chi connectivity index (χ4n) is 2.46. The van der Waals surface area contributed by atoms with Gasteiger partial charge in [0.2, 0.25) is 15.9 Å². The Kier molecular flexibility index (Phi) is 6.18. The molecule has 134 valence electrons. The van der Waals surface area contributed by atoms with Gasteiger partial charge < -0.3 is 5.32 Å². The first kappa shape index (κ1) is 19.4. The highest BCUT2D eigenvalue weighted by atomic mass is 79.9. The van der Waals surface area contributed by atoms with E-state index < -0.39 is 27.8 Å². The standard InChI is InChI=1S/C17H18BrFN2O3S/c1-3-15(17(22)20-13-8-6-7-12(18)11-13)21(25(2,23)24)16-10-5-4-9-14(16)19/h4-11,15H,3H2,1-2H3,(H,20,22). The number of amides is 1. The third-order valence-corrected chi connectivity index (χ3v) is 5.17. The van der Waals surface area contributed by atoms with E-state index in [9.17, 15) is 17.6 Å². The van der Waals surface area contributed by atoms with E-state index in [1.165, 1.54) is 18.2 Å². The molecule has 1 amide bonds. The Labute approximate surface area is 155 Å². The van der Waals surface area contributed by atoms with Gasteiger partial charge in [-0.1, -0.05) is 41.1 Å². The summed E-state index contributed by atoms with van der Waals surface area (Å²) in [5.41, 5.74) is 0.362. The average Bonchev–Trinajstić information content (AvgIpc) is 2.52. The number of sulfonamides is 1. The molecular formula is C17H18BrFN2O3S. The van der Waals surface area contributed by atoms with Crippen LogP contribution in [0.3, 0.4) is 0 Å². The maximum Gasteiger partial charge on any atom is 0.248 e. The minimum atomic E-state index is -3.87. The molecule has 2 rings (SSSR count). The summed E-state index contributed by atoms with van der Waals surface area (Å²) < 4.78 is 40.3. The number of benzene rings is 2. The van der Waals surface area contributed by atoms with E-state index in [-0.39, 0.29) is 12.1 Å². The number of hydrogen-bond donors (Lipinski definition) is 1. The van der Waals surface area contributed by atoms with Crippen LogP contribution in [0.1, 0.15) is 13.3 Å². The topological polar surface area (TPSA) is 66.5 Å². The molecule has 2 aromatic rings. The van der Waals surface area contributed by atoms with Crippen molar-refractivity contribution < 1.29 is 17.6 Å². The highest BCUT2D eigenvalue weighted by molar-refractivity contribution is 9.10. The van der Waals surface area contributed by atoms with Crippen LogP contribution in [0.2, 0.25) is 0 Å². The van der Waals surface area contributed by atoms with E-state index in [1.807, 2.05) is 0 Å². The van der Waals surface area contributed by atoms with Crippen molar-refractivity contribution in [3.63, 3.8) is 0 Å². The Bertz CT molecular complexity index is 874. The average molecular weight is 429 g/mol. The predicted molar refractivity (Wildman–Crippen MR) is 101 cm³/mol. The van der Waals surface area contributed by atoms with Crippen molar-refractivity contribution in [3.8, 4) is 0 Å². The zero-order valence-electron chi connectivity index (χ0n) is 13.7. The third kappa shape index (κ3) is 4.79. The lowest BCUT2D eigenvalue weighted by atomic mass is 10.1. The molecule has 5 nitrogen and oxygen atoms in total. The molecule has 0 saturated carbocycles. The van der Waals surface area contributed by atoms with E-state index in [0.29, 0.717) is 5.69 Å². The second kappa shape index (κ2) is 7.97. The fourth-order valence-corrected chi connectivity index (χ4v) is 4.07. The van der Waals surface area contributed by atoms with Crippen LogP contribution in [0.25, 0.3) is 0 Å². The third-order valence-electron chi connectivity index (χ3n) is 3.51. The lowest BCUT2D eigenvalue weighted by molar-refractivity contribution is -0.117. The normalized spacial score (nSPS) is 12.5. The lowest BCUT2D eigenvalue weighted by Crippen LogP contribution is -2.47. The van der Waals surface area contributed by atoms with Gasteiger partial charge in [-0.25, -0.2) is 12.8 Å². The van der Waals surface area contributed by atoms with Gasteiger partial charge in [-0.2, -0.15) is 0 Å². The summed E-state index contributed by atoms with van der Waals surface area (Å²) in [5.74, 6) is -1.24. The van der Waals surface area contributed by atoms with E-state index in [1.54, 1.807) is 31.2 Å². The molecule has 1 unspecified atom stereocenters. The fraction of sp³-hybridized carbons (Fsp3) is 0.235. The molecule has 1 N–H and O–H groups in total. The Hall–Kier alpha value is -1.93. The summed E-state index contributed by atoms with van der Waals surface area (Å²) in [7, 11) is -3.87. The van der Waals surface area contributed by atoms with Gasteiger partial charge in [-0.05, 0) is 36.8 Å². The smallest absolute Gasteiger partial charge is 0.248 e. The highest BCUT2D eigenvalue weighted by Gasteiger charge is 2.33. The van der Waals surface area contributed by atoms with Gasteiger partial charge in [0, 0.05) is 10.2 Å². The van der Waals surface area contributed by atoms with Crippen molar-refractivity contribution in [2.24, 2.45) is 0 Å². The van der Waals surface area contributed by atoms with Crippen molar-refractivity contribution in [2.75, 3.05) is 15.9 Å². The summed E-state index contributed by atoms with van der Waals surface area (Å²) in [5, 5.41) is 2.68. The largest absolute Gasteiger partial charge is 0.324 e. The molecule has 25 heavy (non-hydrogen) atoms. The molecule has 1 atom stereocenters. The number of halogens is 2. The molecule has 0 aromatic heterocycles. The minimum absolute atomic E-state index is 0.152. The predicted octanol–water partition coefficient (Wildman–Crippen LogP) is 3.77. The Morgan fingerprint density at radius 2 is 1.92 bits per heavy atom. The minimum Gasteiger partial charge on any atom is -0.324 e. The molecule has 2 aromatic carbocycles. The van der Waals surface area contributed by atoms with Crippen LogP contribution >= 0.6 is 15.9 Å². The SMILES string of the molecule is CCC(C(=O)Nc1cccc(Br)c1)N(c1ccccc1F)S(C)(=O)=O. The first-order valence-corrected chi connectivity index (χ1v) is 10.2. The molecule has 0 spiro atoms. The number of hydrogen-bond acceptors (Lipinski definition) is 3. The van der Waals surface area contributed by atoms with E-state index >= 15 is 0 Å². The molecule has 0 saturated heterocycles. The van der Waals surface area contributed by atoms with Crippen molar-refractivity contribution in [3.05, 3.63) is 58.8 Å². The summed E-state index contributed by atoms with van der Waals surface area (Å²) in [6, 6.07) is 11.3. The van der Waals surface area contributed by atoms with Crippen molar-refractivity contribution in [2.45, 2.75) is 19.4 Å². The van der Waals surface area contributed by atoms with Crippen LogP contribution in [0, 0.1) is 5.82 Å². The number of carbonyl (C=O) groups excluding carboxylic acids is 1. The highest BCUT2D eigenvalue weighted by Crippen LogP contribution is 2.26. The molecular weight excluding hydrogens is 411 g/mol. The quantitative estimate of drug-likeness (QED) is 0.761.